The first-order valence-corrected chi connectivity index (χ1v) is 4.99. The number of fused-ring (bicyclic) bond motifs is 1. The first-order valence-electron chi connectivity index (χ1n) is 4.99. The van der Waals surface area contributed by atoms with Crippen LogP contribution >= 0.6 is 0 Å². The summed E-state index contributed by atoms with van der Waals surface area (Å²) in [6.07, 6.45) is 2.02. The SMILES string of the molecule is NCCCc1ccc2c(c1)OCCO2. The summed E-state index contributed by atoms with van der Waals surface area (Å²) in [5.41, 5.74) is 6.72. The molecule has 0 fully saturated rings. The highest BCUT2D eigenvalue weighted by Crippen LogP contribution is 2.30. The first kappa shape index (κ1) is 9.34. The normalized spacial score (nSPS) is 14.1. The molecular formula is C11H15NO2. The van der Waals surface area contributed by atoms with E-state index in [9.17, 15) is 0 Å². The predicted molar refractivity (Wildman–Crippen MR) is 54.8 cm³/mol. The summed E-state index contributed by atoms with van der Waals surface area (Å²) in [5.74, 6) is 1.72. The van der Waals surface area contributed by atoms with Crippen molar-refractivity contribution >= 4 is 0 Å². The fourth-order valence-electron chi connectivity index (χ4n) is 1.55. The second-order valence-corrected chi connectivity index (χ2v) is 3.37. The number of aryl methyl sites for hydroxylation is 1. The highest BCUT2D eigenvalue weighted by molar-refractivity contribution is 5.43. The Hall–Kier alpha value is -1.22. The maximum atomic E-state index is 5.49. The Morgan fingerprint density at radius 3 is 2.71 bits per heavy atom. The zero-order valence-electron chi connectivity index (χ0n) is 8.16. The molecule has 1 aromatic rings. The molecule has 3 nitrogen and oxygen atoms in total. The van der Waals surface area contributed by atoms with Gasteiger partial charge in [-0.2, -0.15) is 0 Å². The molecule has 0 aromatic heterocycles. The van der Waals surface area contributed by atoms with Crippen molar-refractivity contribution < 1.29 is 9.47 Å². The number of hydrogen-bond acceptors (Lipinski definition) is 3. The summed E-state index contributed by atoms with van der Waals surface area (Å²) < 4.78 is 10.9. The van der Waals surface area contributed by atoms with Crippen LogP contribution in [0.2, 0.25) is 0 Å². The van der Waals surface area contributed by atoms with E-state index in [2.05, 4.69) is 6.07 Å². The molecule has 76 valence electrons. The van der Waals surface area contributed by atoms with Crippen molar-refractivity contribution in [1.82, 2.24) is 0 Å². The molecule has 3 heteroatoms. The Morgan fingerprint density at radius 1 is 1.14 bits per heavy atom. The highest BCUT2D eigenvalue weighted by atomic mass is 16.6. The lowest BCUT2D eigenvalue weighted by molar-refractivity contribution is 0.171. The Morgan fingerprint density at radius 2 is 1.93 bits per heavy atom. The van der Waals surface area contributed by atoms with Gasteiger partial charge in [-0.25, -0.2) is 0 Å². The molecule has 2 rings (SSSR count). The Balaban J connectivity index is 2.12. The standard InChI is InChI=1S/C11H15NO2/c12-5-1-2-9-3-4-10-11(8-9)14-7-6-13-10/h3-4,8H,1-2,5-7,12H2. The average molecular weight is 193 g/mol. The van der Waals surface area contributed by atoms with Crippen LogP contribution in [0.15, 0.2) is 18.2 Å². The molecule has 0 atom stereocenters. The van der Waals surface area contributed by atoms with Crippen molar-refractivity contribution in [2.75, 3.05) is 19.8 Å². The van der Waals surface area contributed by atoms with Crippen molar-refractivity contribution in [2.45, 2.75) is 12.8 Å². The third kappa shape index (κ3) is 1.99. The predicted octanol–water partition coefficient (Wildman–Crippen LogP) is 1.35. The van der Waals surface area contributed by atoms with Crippen LogP contribution in [0.3, 0.4) is 0 Å². The molecule has 14 heavy (non-hydrogen) atoms. The number of benzene rings is 1. The van der Waals surface area contributed by atoms with Gasteiger partial charge in [-0.15, -0.1) is 0 Å². The summed E-state index contributed by atoms with van der Waals surface area (Å²) in [4.78, 5) is 0. The summed E-state index contributed by atoms with van der Waals surface area (Å²) in [6, 6.07) is 6.09. The number of rotatable bonds is 3. The van der Waals surface area contributed by atoms with Gasteiger partial charge in [0.25, 0.3) is 0 Å². The van der Waals surface area contributed by atoms with E-state index in [-0.39, 0.29) is 0 Å². The monoisotopic (exact) mass is 193 g/mol. The lowest BCUT2D eigenvalue weighted by Gasteiger charge is -2.18. The second kappa shape index (κ2) is 4.33. The quantitative estimate of drug-likeness (QED) is 0.788. The summed E-state index contributed by atoms with van der Waals surface area (Å²) in [7, 11) is 0. The molecule has 0 saturated carbocycles. The van der Waals surface area contributed by atoms with Gasteiger partial charge in [0, 0.05) is 0 Å². The molecule has 1 heterocycles. The van der Waals surface area contributed by atoms with Gasteiger partial charge in [-0.05, 0) is 37.1 Å². The Bertz CT molecular complexity index is 312. The molecule has 1 aliphatic rings. The van der Waals surface area contributed by atoms with E-state index in [1.807, 2.05) is 12.1 Å². The lowest BCUT2D eigenvalue weighted by atomic mass is 10.1. The third-order valence-electron chi connectivity index (χ3n) is 2.28. The maximum absolute atomic E-state index is 5.49. The molecule has 0 saturated heterocycles. The number of nitrogens with two attached hydrogens (primary N) is 1. The van der Waals surface area contributed by atoms with Crippen LogP contribution in [-0.2, 0) is 6.42 Å². The zero-order chi connectivity index (χ0) is 9.80. The molecule has 1 aromatic carbocycles. The van der Waals surface area contributed by atoms with E-state index in [4.69, 9.17) is 15.2 Å². The minimum Gasteiger partial charge on any atom is -0.486 e. The molecule has 0 radical (unpaired) electrons. The van der Waals surface area contributed by atoms with Gasteiger partial charge in [-0.1, -0.05) is 6.07 Å². The number of hydrogen-bond donors (Lipinski definition) is 1. The van der Waals surface area contributed by atoms with E-state index in [0.717, 1.165) is 30.9 Å². The molecule has 0 amide bonds. The van der Waals surface area contributed by atoms with E-state index >= 15 is 0 Å². The van der Waals surface area contributed by atoms with Crippen molar-refractivity contribution in [2.24, 2.45) is 5.73 Å². The van der Waals surface area contributed by atoms with E-state index in [0.29, 0.717) is 13.2 Å². The van der Waals surface area contributed by atoms with E-state index in [1.54, 1.807) is 0 Å². The Kier molecular flexibility index (Phi) is 2.89. The maximum Gasteiger partial charge on any atom is 0.161 e. The minimum atomic E-state index is 0.646. The second-order valence-electron chi connectivity index (χ2n) is 3.37. The van der Waals surface area contributed by atoms with Gasteiger partial charge < -0.3 is 15.2 Å². The van der Waals surface area contributed by atoms with Crippen molar-refractivity contribution in [3.05, 3.63) is 23.8 Å². The lowest BCUT2D eigenvalue weighted by Crippen LogP contribution is -2.15. The minimum absolute atomic E-state index is 0.646. The molecule has 0 spiro atoms. The van der Waals surface area contributed by atoms with Crippen molar-refractivity contribution in [3.8, 4) is 11.5 Å². The van der Waals surface area contributed by atoms with Crippen molar-refractivity contribution in [1.29, 1.82) is 0 Å². The van der Waals surface area contributed by atoms with Gasteiger partial charge in [0.05, 0.1) is 0 Å². The molecule has 0 bridgehead atoms. The molecule has 2 N–H and O–H groups in total. The number of ether oxygens (including phenoxy) is 2. The van der Waals surface area contributed by atoms with Crippen LogP contribution in [0.5, 0.6) is 11.5 Å². The van der Waals surface area contributed by atoms with Gasteiger partial charge in [-0.3, -0.25) is 0 Å². The van der Waals surface area contributed by atoms with Crippen LogP contribution < -0.4 is 15.2 Å². The van der Waals surface area contributed by atoms with E-state index in [1.165, 1.54) is 5.56 Å². The highest BCUT2D eigenvalue weighted by Gasteiger charge is 2.10. The fourth-order valence-corrected chi connectivity index (χ4v) is 1.55. The van der Waals surface area contributed by atoms with Crippen molar-refractivity contribution in [3.63, 3.8) is 0 Å². The van der Waals surface area contributed by atoms with Gasteiger partial charge in [0.2, 0.25) is 0 Å². The van der Waals surface area contributed by atoms with Crippen LogP contribution in [0.4, 0.5) is 0 Å². The topological polar surface area (TPSA) is 44.5 Å². The smallest absolute Gasteiger partial charge is 0.161 e. The fraction of sp³-hybridized carbons (Fsp3) is 0.455. The molecule has 0 aliphatic carbocycles. The van der Waals surface area contributed by atoms with Gasteiger partial charge in [0.1, 0.15) is 13.2 Å². The third-order valence-corrected chi connectivity index (χ3v) is 2.28. The summed E-state index contributed by atoms with van der Waals surface area (Å²) in [6.45, 7) is 2.02. The summed E-state index contributed by atoms with van der Waals surface area (Å²) in [5, 5.41) is 0. The van der Waals surface area contributed by atoms with Crippen LogP contribution in [-0.4, -0.2) is 19.8 Å². The molecule has 0 unspecified atom stereocenters. The summed E-state index contributed by atoms with van der Waals surface area (Å²) >= 11 is 0. The zero-order valence-corrected chi connectivity index (χ0v) is 8.16. The van der Waals surface area contributed by atoms with Crippen LogP contribution in [0.25, 0.3) is 0 Å². The average Bonchev–Trinajstić information content (AvgIpc) is 2.26. The first-order chi connectivity index (χ1) is 6.90. The van der Waals surface area contributed by atoms with Gasteiger partial charge in [0.15, 0.2) is 11.5 Å². The van der Waals surface area contributed by atoms with Crippen LogP contribution in [0.1, 0.15) is 12.0 Å². The van der Waals surface area contributed by atoms with E-state index < -0.39 is 0 Å². The molecular weight excluding hydrogens is 178 g/mol. The Labute approximate surface area is 83.8 Å². The van der Waals surface area contributed by atoms with Gasteiger partial charge >= 0.3 is 0 Å². The molecule has 1 aliphatic heterocycles. The van der Waals surface area contributed by atoms with Crippen LogP contribution in [0, 0.1) is 0 Å². The largest absolute Gasteiger partial charge is 0.486 e.